The lowest BCUT2D eigenvalue weighted by Gasteiger charge is -2.26. The molecule has 14 rings (SSSR count). The molecule has 0 N–H and O–H groups in total. The number of para-hydroxylation sites is 2. The Balaban J connectivity index is 0.903. The molecule has 0 spiro atoms. The van der Waals surface area contributed by atoms with Gasteiger partial charge in [0.05, 0.1) is 22.4 Å². The largest absolute Gasteiger partial charge is 0.416 e. The van der Waals surface area contributed by atoms with Crippen LogP contribution < -0.4 is 9.80 Å². The van der Waals surface area contributed by atoms with E-state index in [1.165, 1.54) is 33.4 Å². The zero-order valence-electron chi connectivity index (χ0n) is 49.6. The predicted molar refractivity (Wildman–Crippen MR) is 357 cm³/mol. The molecule has 0 amide bonds. The van der Waals surface area contributed by atoms with Crippen molar-refractivity contribution in [1.82, 2.24) is 30.4 Å². The molecule has 14 aromatic rings. The fraction of sp³-hybridized carbons (Fsp3) is 0.0769. The minimum absolute atomic E-state index is 0.453. The average Bonchev–Trinajstić information content (AvgIpc) is 1.25. The second-order valence-corrected chi connectivity index (χ2v) is 22.4. The molecule has 11 aromatic carbocycles. The van der Waals surface area contributed by atoms with Crippen molar-refractivity contribution in [2.24, 2.45) is 0 Å². The van der Waals surface area contributed by atoms with Gasteiger partial charge in [-0.3, -0.25) is 0 Å². The maximum absolute atomic E-state index is 6.17. The van der Waals surface area contributed by atoms with Gasteiger partial charge in [-0.05, 0) is 196 Å². The molecule has 0 unspecified atom stereocenters. The van der Waals surface area contributed by atoms with Gasteiger partial charge in [-0.2, -0.15) is 0 Å². The lowest BCUT2D eigenvalue weighted by Crippen LogP contribution is -2.10. The number of hydrogen-bond acceptors (Lipinski definition) is 10. The summed E-state index contributed by atoms with van der Waals surface area (Å²) in [5.41, 5.74) is 25.9. The van der Waals surface area contributed by atoms with Crippen LogP contribution in [0, 0.1) is 41.5 Å². The van der Waals surface area contributed by atoms with Crippen LogP contribution in [0.5, 0.6) is 0 Å². The summed E-state index contributed by atoms with van der Waals surface area (Å²) in [6, 6.07) is 87.9. The standard InChI is InChI=1S/C78H60N8O2/c1-49-45-51(3)69(52(4)46-49)67-43-44-68(70-53(5)47-50(2)48-54(70)6)74-73(67)79-71(55-27-35-63(36-28-55)85(61-23-15-9-16-24-61)65-39-31-59(32-40-65)77-83-81-75(87-77)57-19-11-7-12-20-57)72(80-74)56-29-37-64(38-30-56)86(62-25-17-10-18-26-62)66-41-33-60(34-42-66)78-84-82-76(88-78)58-21-13-8-14-22-58/h7-48H,1-6H3. The summed E-state index contributed by atoms with van der Waals surface area (Å²) in [7, 11) is 0. The molecule has 10 heteroatoms. The minimum atomic E-state index is 0.453. The molecule has 424 valence electrons. The van der Waals surface area contributed by atoms with Gasteiger partial charge in [0.15, 0.2) is 0 Å². The molecule has 0 saturated heterocycles. The van der Waals surface area contributed by atoms with Gasteiger partial charge in [-0.15, -0.1) is 20.4 Å². The van der Waals surface area contributed by atoms with Gasteiger partial charge in [-0.1, -0.05) is 145 Å². The first-order valence-electron chi connectivity index (χ1n) is 29.5. The fourth-order valence-corrected chi connectivity index (χ4v) is 12.3. The van der Waals surface area contributed by atoms with Crippen LogP contribution >= 0.6 is 0 Å². The van der Waals surface area contributed by atoms with Crippen LogP contribution in [0.4, 0.5) is 34.1 Å². The van der Waals surface area contributed by atoms with Gasteiger partial charge in [-0.25, -0.2) is 9.97 Å². The predicted octanol–water partition coefficient (Wildman–Crippen LogP) is 20.5. The lowest BCUT2D eigenvalue weighted by molar-refractivity contribution is 0.584. The Morgan fingerprint density at radius 1 is 0.261 bits per heavy atom. The molecule has 0 aliphatic rings. The molecule has 10 nitrogen and oxygen atoms in total. The van der Waals surface area contributed by atoms with Crippen LogP contribution in [-0.2, 0) is 0 Å². The van der Waals surface area contributed by atoms with Gasteiger partial charge in [0.2, 0.25) is 23.6 Å². The normalized spacial score (nSPS) is 11.3. The first-order chi connectivity index (χ1) is 43.1. The summed E-state index contributed by atoms with van der Waals surface area (Å²) in [5.74, 6) is 1.86. The highest BCUT2D eigenvalue weighted by molar-refractivity contribution is 6.05. The van der Waals surface area contributed by atoms with Gasteiger partial charge < -0.3 is 18.6 Å². The molecule has 0 bridgehead atoms. The van der Waals surface area contributed by atoms with Gasteiger partial charge in [0.25, 0.3) is 0 Å². The number of rotatable bonds is 14. The van der Waals surface area contributed by atoms with Crippen LogP contribution in [0.3, 0.4) is 0 Å². The van der Waals surface area contributed by atoms with Gasteiger partial charge in [0.1, 0.15) is 0 Å². The van der Waals surface area contributed by atoms with E-state index in [1.807, 2.05) is 97.1 Å². The fourth-order valence-electron chi connectivity index (χ4n) is 12.3. The second kappa shape index (κ2) is 23.2. The number of benzene rings is 11. The average molecular weight is 1140 g/mol. The summed E-state index contributed by atoms with van der Waals surface area (Å²) in [6.07, 6.45) is 0. The van der Waals surface area contributed by atoms with Gasteiger partial charge >= 0.3 is 0 Å². The van der Waals surface area contributed by atoms with Crippen LogP contribution in [0.15, 0.2) is 264 Å². The molecule has 0 aliphatic carbocycles. The first-order valence-corrected chi connectivity index (χ1v) is 29.5. The minimum Gasteiger partial charge on any atom is -0.416 e. The molecule has 0 atom stereocenters. The second-order valence-electron chi connectivity index (χ2n) is 22.4. The monoisotopic (exact) mass is 1140 g/mol. The highest BCUT2D eigenvalue weighted by Gasteiger charge is 2.24. The Kier molecular flexibility index (Phi) is 14.4. The van der Waals surface area contributed by atoms with Crippen molar-refractivity contribution in [3.63, 3.8) is 0 Å². The highest BCUT2D eigenvalue weighted by Crippen LogP contribution is 2.45. The van der Waals surface area contributed by atoms with Crippen molar-refractivity contribution < 1.29 is 8.83 Å². The summed E-state index contributed by atoms with van der Waals surface area (Å²) in [4.78, 5) is 16.3. The van der Waals surface area contributed by atoms with E-state index in [2.05, 4.69) is 229 Å². The zero-order chi connectivity index (χ0) is 59.8. The lowest BCUT2D eigenvalue weighted by atomic mass is 9.88. The van der Waals surface area contributed by atoms with E-state index in [-0.39, 0.29) is 0 Å². The van der Waals surface area contributed by atoms with Crippen LogP contribution in [0.1, 0.15) is 33.4 Å². The maximum Gasteiger partial charge on any atom is 0.248 e. The Morgan fingerprint density at radius 3 is 0.807 bits per heavy atom. The molecule has 0 fully saturated rings. The van der Waals surface area contributed by atoms with E-state index in [0.29, 0.717) is 23.6 Å². The first kappa shape index (κ1) is 54.6. The van der Waals surface area contributed by atoms with Crippen molar-refractivity contribution in [1.29, 1.82) is 0 Å². The number of hydrogen-bond donors (Lipinski definition) is 0. The third-order valence-corrected chi connectivity index (χ3v) is 16.2. The van der Waals surface area contributed by atoms with E-state index in [0.717, 1.165) is 112 Å². The quantitative estimate of drug-likeness (QED) is 0.104. The molecule has 0 aliphatic heterocycles. The molecule has 3 aromatic heterocycles. The molecular weight excluding hydrogens is 1080 g/mol. The van der Waals surface area contributed by atoms with Crippen molar-refractivity contribution in [3.05, 3.63) is 288 Å². The number of aryl methyl sites for hydroxylation is 6. The molecule has 3 heterocycles. The Hall–Kier alpha value is -11.4. The highest BCUT2D eigenvalue weighted by atomic mass is 16.4. The Bertz CT molecular complexity index is 4460. The molecule has 88 heavy (non-hydrogen) atoms. The SMILES string of the molecule is Cc1cc(C)c(-c2ccc(-c3c(C)cc(C)cc3C)c3nc(-c4ccc(N(c5ccccc5)c5ccc(-c6nnc(-c7ccccc7)o6)cc5)cc4)c(-c4ccc(N(c5ccccc5)c5ccc(-c6nnc(-c7ccccc7)o6)cc5)cc4)nc23)c(C)c1. The summed E-state index contributed by atoms with van der Waals surface area (Å²) in [6.45, 7) is 13.1. The number of anilines is 6. The molecular formula is C78H60N8O2. The number of fused-ring (bicyclic) bond motifs is 1. The van der Waals surface area contributed by atoms with E-state index in [4.69, 9.17) is 18.8 Å². The topological polar surface area (TPSA) is 110 Å². The maximum atomic E-state index is 6.17. The Labute approximate surface area is 511 Å². The molecule has 0 saturated carbocycles. The van der Waals surface area contributed by atoms with Gasteiger partial charge in [0, 0.05) is 78.6 Å². The third-order valence-electron chi connectivity index (χ3n) is 16.2. The van der Waals surface area contributed by atoms with Crippen LogP contribution in [0.25, 0.3) is 102 Å². The third kappa shape index (κ3) is 10.6. The van der Waals surface area contributed by atoms with E-state index >= 15 is 0 Å². The smallest absolute Gasteiger partial charge is 0.248 e. The summed E-state index contributed by atoms with van der Waals surface area (Å²) < 4.78 is 12.3. The summed E-state index contributed by atoms with van der Waals surface area (Å²) >= 11 is 0. The summed E-state index contributed by atoms with van der Waals surface area (Å²) in [5, 5.41) is 17.5. The van der Waals surface area contributed by atoms with Crippen LogP contribution in [0.2, 0.25) is 0 Å². The van der Waals surface area contributed by atoms with Crippen molar-refractivity contribution >= 4 is 45.2 Å². The van der Waals surface area contributed by atoms with E-state index in [9.17, 15) is 0 Å². The molecule has 0 radical (unpaired) electrons. The van der Waals surface area contributed by atoms with Crippen LogP contribution in [-0.4, -0.2) is 30.4 Å². The number of nitrogens with zero attached hydrogens (tertiary/aromatic N) is 8. The number of aromatic nitrogens is 6. The van der Waals surface area contributed by atoms with Crippen molar-refractivity contribution in [2.75, 3.05) is 9.80 Å². The Morgan fingerprint density at radius 2 is 0.511 bits per heavy atom. The zero-order valence-corrected chi connectivity index (χ0v) is 49.6. The van der Waals surface area contributed by atoms with E-state index in [1.54, 1.807) is 0 Å². The van der Waals surface area contributed by atoms with Crippen molar-refractivity contribution in [3.8, 4) is 90.6 Å². The van der Waals surface area contributed by atoms with Crippen molar-refractivity contribution in [2.45, 2.75) is 41.5 Å². The van der Waals surface area contributed by atoms with E-state index < -0.39 is 0 Å².